The number of anilines is 2. The number of hydrogen-bond acceptors (Lipinski definition) is 7. The number of aryl methyl sites for hydroxylation is 3. The molecular weight excluding hydrogens is 466 g/mol. The summed E-state index contributed by atoms with van der Waals surface area (Å²) in [6.07, 6.45) is 3.64. The summed E-state index contributed by atoms with van der Waals surface area (Å²) in [6, 6.07) is 6.81. The Morgan fingerprint density at radius 1 is 1.09 bits per heavy atom. The minimum atomic E-state index is -0.687. The third-order valence-corrected chi connectivity index (χ3v) is 6.78. The summed E-state index contributed by atoms with van der Waals surface area (Å²) in [6.45, 7) is 2.72. The zero-order valence-corrected chi connectivity index (χ0v) is 19.7. The molecule has 0 saturated heterocycles. The molecule has 2 N–H and O–H groups in total. The van der Waals surface area contributed by atoms with Crippen molar-refractivity contribution in [2.24, 2.45) is 0 Å². The van der Waals surface area contributed by atoms with E-state index in [1.807, 2.05) is 0 Å². The largest absolute Gasteiger partial charge is 0.452 e. The van der Waals surface area contributed by atoms with E-state index >= 15 is 0 Å². The summed E-state index contributed by atoms with van der Waals surface area (Å²) in [5, 5.41) is 10.4. The van der Waals surface area contributed by atoms with Gasteiger partial charge in [0.25, 0.3) is 11.8 Å². The SMILES string of the molecule is Cc1noc(C)c1C(=O)OCC(=O)Nc1sc2c(c1C(=O)Nc1ccc(Cl)cc1)CCCC2. The molecule has 8 nitrogen and oxygen atoms in total. The molecule has 0 fully saturated rings. The average Bonchev–Trinajstić information content (AvgIpc) is 3.32. The lowest BCUT2D eigenvalue weighted by Gasteiger charge is -2.13. The van der Waals surface area contributed by atoms with Crippen LogP contribution in [-0.4, -0.2) is 29.5 Å². The van der Waals surface area contributed by atoms with E-state index in [0.29, 0.717) is 32.7 Å². The number of carbonyl (C=O) groups is 3. The standard InChI is InChI=1S/C23H22ClN3O5S/c1-12-19(13(2)32-27-12)23(30)31-11-18(28)26-22-20(16-5-3-4-6-17(16)33-22)21(29)25-15-9-7-14(24)8-10-15/h7-10H,3-6,11H2,1-2H3,(H,25,29)(H,26,28). The fourth-order valence-corrected chi connectivity index (χ4v) is 5.19. The number of fused-ring (bicyclic) bond motifs is 1. The fourth-order valence-electron chi connectivity index (χ4n) is 3.76. The minimum absolute atomic E-state index is 0.206. The van der Waals surface area contributed by atoms with E-state index in [4.69, 9.17) is 20.9 Å². The quantitative estimate of drug-likeness (QED) is 0.477. The lowest BCUT2D eigenvalue weighted by molar-refractivity contribution is -0.119. The van der Waals surface area contributed by atoms with E-state index < -0.39 is 18.5 Å². The van der Waals surface area contributed by atoms with Crippen molar-refractivity contribution in [1.29, 1.82) is 0 Å². The van der Waals surface area contributed by atoms with Crippen molar-refractivity contribution >= 4 is 51.4 Å². The number of nitrogens with zero attached hydrogens (tertiary/aromatic N) is 1. The van der Waals surface area contributed by atoms with Gasteiger partial charge >= 0.3 is 5.97 Å². The van der Waals surface area contributed by atoms with Crippen LogP contribution in [0.15, 0.2) is 28.8 Å². The van der Waals surface area contributed by atoms with Gasteiger partial charge in [-0.3, -0.25) is 9.59 Å². The van der Waals surface area contributed by atoms with Gasteiger partial charge < -0.3 is 19.9 Å². The molecule has 2 amide bonds. The predicted octanol–water partition coefficient (Wildman–Crippen LogP) is 4.93. The summed E-state index contributed by atoms with van der Waals surface area (Å²) >= 11 is 7.31. The molecule has 0 unspecified atom stereocenters. The Morgan fingerprint density at radius 2 is 1.82 bits per heavy atom. The predicted molar refractivity (Wildman–Crippen MR) is 125 cm³/mol. The van der Waals surface area contributed by atoms with Gasteiger partial charge in [0.15, 0.2) is 6.61 Å². The maximum atomic E-state index is 13.1. The first-order valence-electron chi connectivity index (χ1n) is 10.4. The molecule has 1 aliphatic carbocycles. The Balaban J connectivity index is 1.49. The number of halogens is 1. The number of thiophene rings is 1. The van der Waals surface area contributed by atoms with E-state index in [1.54, 1.807) is 38.1 Å². The molecule has 0 saturated carbocycles. The molecule has 33 heavy (non-hydrogen) atoms. The van der Waals surface area contributed by atoms with Crippen molar-refractivity contribution < 1.29 is 23.6 Å². The second-order valence-electron chi connectivity index (χ2n) is 7.70. The molecule has 0 atom stereocenters. The van der Waals surface area contributed by atoms with Gasteiger partial charge in [0.1, 0.15) is 16.3 Å². The smallest absolute Gasteiger partial charge is 0.344 e. The van der Waals surface area contributed by atoms with Gasteiger partial charge in [0, 0.05) is 15.6 Å². The molecule has 0 spiro atoms. The van der Waals surface area contributed by atoms with Gasteiger partial charge in [-0.05, 0) is 69.4 Å². The van der Waals surface area contributed by atoms with Crippen molar-refractivity contribution in [2.45, 2.75) is 39.5 Å². The van der Waals surface area contributed by atoms with Crippen molar-refractivity contribution in [3.05, 3.63) is 62.3 Å². The Bertz CT molecular complexity index is 1200. The zero-order chi connectivity index (χ0) is 23.5. The van der Waals surface area contributed by atoms with Gasteiger partial charge in [-0.25, -0.2) is 4.79 Å². The molecule has 0 radical (unpaired) electrons. The molecule has 3 aromatic rings. The minimum Gasteiger partial charge on any atom is -0.452 e. The van der Waals surface area contributed by atoms with Crippen molar-refractivity contribution in [2.75, 3.05) is 17.2 Å². The first-order chi connectivity index (χ1) is 15.8. The van der Waals surface area contributed by atoms with Gasteiger partial charge in [-0.1, -0.05) is 16.8 Å². The number of ether oxygens (including phenoxy) is 1. The van der Waals surface area contributed by atoms with Crippen LogP contribution in [0.25, 0.3) is 0 Å². The molecule has 2 heterocycles. The Hall–Kier alpha value is -3.17. The van der Waals surface area contributed by atoms with Crippen molar-refractivity contribution in [3.63, 3.8) is 0 Å². The first-order valence-corrected chi connectivity index (χ1v) is 11.6. The molecule has 2 aromatic heterocycles. The highest BCUT2D eigenvalue weighted by Crippen LogP contribution is 2.38. The van der Waals surface area contributed by atoms with Gasteiger partial charge in [0.05, 0.1) is 11.3 Å². The molecular formula is C23H22ClN3O5S. The molecule has 10 heteroatoms. The van der Waals surface area contributed by atoms with Crippen LogP contribution >= 0.6 is 22.9 Å². The lowest BCUT2D eigenvalue weighted by atomic mass is 9.95. The second-order valence-corrected chi connectivity index (χ2v) is 9.24. The van der Waals surface area contributed by atoms with Crippen LogP contribution in [0.5, 0.6) is 0 Å². The average molecular weight is 488 g/mol. The summed E-state index contributed by atoms with van der Waals surface area (Å²) in [5.74, 6) is -1.20. The van der Waals surface area contributed by atoms with E-state index in [2.05, 4.69) is 15.8 Å². The summed E-state index contributed by atoms with van der Waals surface area (Å²) < 4.78 is 10.1. The highest BCUT2D eigenvalue weighted by molar-refractivity contribution is 7.17. The zero-order valence-electron chi connectivity index (χ0n) is 18.1. The molecule has 0 aliphatic heterocycles. The van der Waals surface area contributed by atoms with Crippen molar-refractivity contribution in [1.82, 2.24) is 5.16 Å². The number of amides is 2. The van der Waals surface area contributed by atoms with Crippen LogP contribution in [0.4, 0.5) is 10.7 Å². The van der Waals surface area contributed by atoms with Crippen LogP contribution in [0.1, 0.15) is 55.5 Å². The molecule has 4 rings (SSSR count). The number of aromatic nitrogens is 1. The Morgan fingerprint density at radius 3 is 2.52 bits per heavy atom. The van der Waals surface area contributed by atoms with Gasteiger partial charge in [-0.15, -0.1) is 11.3 Å². The molecule has 172 valence electrons. The maximum Gasteiger partial charge on any atom is 0.344 e. The van der Waals surface area contributed by atoms with Crippen LogP contribution in [0.2, 0.25) is 5.02 Å². The van der Waals surface area contributed by atoms with E-state index in [1.165, 1.54) is 11.3 Å². The van der Waals surface area contributed by atoms with E-state index in [-0.39, 0.29) is 11.5 Å². The lowest BCUT2D eigenvalue weighted by Crippen LogP contribution is -2.23. The monoisotopic (exact) mass is 487 g/mol. The second kappa shape index (κ2) is 9.76. The van der Waals surface area contributed by atoms with Crippen molar-refractivity contribution in [3.8, 4) is 0 Å². The molecule has 1 aromatic carbocycles. The van der Waals surface area contributed by atoms with E-state index in [9.17, 15) is 14.4 Å². The van der Waals surface area contributed by atoms with E-state index in [0.717, 1.165) is 36.1 Å². The van der Waals surface area contributed by atoms with Gasteiger partial charge in [0.2, 0.25) is 0 Å². The topological polar surface area (TPSA) is 111 Å². The molecule has 0 bridgehead atoms. The van der Waals surface area contributed by atoms with Crippen LogP contribution in [0.3, 0.4) is 0 Å². The Labute approximate surface area is 199 Å². The normalized spacial score (nSPS) is 12.7. The maximum absolute atomic E-state index is 13.1. The fraction of sp³-hybridized carbons (Fsp3) is 0.304. The number of nitrogens with one attached hydrogen (secondary N) is 2. The van der Waals surface area contributed by atoms with Crippen LogP contribution in [0, 0.1) is 13.8 Å². The number of esters is 1. The number of benzene rings is 1. The third-order valence-electron chi connectivity index (χ3n) is 5.33. The number of hydrogen-bond donors (Lipinski definition) is 2. The van der Waals surface area contributed by atoms with Gasteiger partial charge in [-0.2, -0.15) is 0 Å². The highest BCUT2D eigenvalue weighted by Gasteiger charge is 2.27. The third kappa shape index (κ3) is 5.09. The first kappa shape index (κ1) is 23.0. The Kier molecular flexibility index (Phi) is 6.80. The number of rotatable bonds is 6. The van der Waals surface area contributed by atoms with Crippen LogP contribution in [-0.2, 0) is 22.4 Å². The van der Waals surface area contributed by atoms with Crippen LogP contribution < -0.4 is 10.6 Å². The number of carbonyl (C=O) groups excluding carboxylic acids is 3. The molecule has 1 aliphatic rings. The summed E-state index contributed by atoms with van der Waals surface area (Å²) in [4.78, 5) is 39.1. The summed E-state index contributed by atoms with van der Waals surface area (Å²) in [5.41, 5.74) is 2.61. The summed E-state index contributed by atoms with van der Waals surface area (Å²) in [7, 11) is 0. The highest BCUT2D eigenvalue weighted by atomic mass is 35.5.